The van der Waals surface area contributed by atoms with Gasteiger partial charge in [-0.25, -0.2) is 0 Å². The van der Waals surface area contributed by atoms with Crippen LogP contribution in [0.15, 0.2) is 29.4 Å². The van der Waals surface area contributed by atoms with E-state index in [-0.39, 0.29) is 11.9 Å². The summed E-state index contributed by atoms with van der Waals surface area (Å²) in [4.78, 5) is 22.6. The average molecular weight is 384 g/mol. The van der Waals surface area contributed by atoms with Crippen LogP contribution in [0.2, 0.25) is 0 Å². The van der Waals surface area contributed by atoms with Crippen molar-refractivity contribution in [3.63, 3.8) is 0 Å². The van der Waals surface area contributed by atoms with Crippen LogP contribution < -0.4 is 4.90 Å². The summed E-state index contributed by atoms with van der Waals surface area (Å²) >= 11 is 0. The lowest BCUT2D eigenvalue weighted by Gasteiger charge is -2.43. The number of hydrogen-bond donors (Lipinski definition) is 0. The number of amides is 1. The van der Waals surface area contributed by atoms with Crippen LogP contribution in [0, 0.1) is 11.8 Å². The van der Waals surface area contributed by atoms with E-state index in [2.05, 4.69) is 23.9 Å². The molecular weight excluding hydrogens is 350 g/mol. The molecule has 5 heteroatoms. The number of benzene rings is 1. The van der Waals surface area contributed by atoms with E-state index in [0.29, 0.717) is 5.71 Å². The van der Waals surface area contributed by atoms with E-state index >= 15 is 0 Å². The molecule has 0 atom stereocenters. The zero-order chi connectivity index (χ0) is 19.7. The number of oxime groups is 1. The fraction of sp³-hybridized carbons (Fsp3) is 0.652. The van der Waals surface area contributed by atoms with E-state index in [4.69, 9.17) is 4.84 Å². The normalized spacial score (nSPS) is 28.2. The molecule has 1 amide bonds. The van der Waals surface area contributed by atoms with Gasteiger partial charge in [-0.2, -0.15) is 0 Å². The first-order valence-corrected chi connectivity index (χ1v) is 10.9. The van der Waals surface area contributed by atoms with Crippen molar-refractivity contribution in [1.29, 1.82) is 0 Å². The van der Waals surface area contributed by atoms with Gasteiger partial charge in [0.15, 0.2) is 5.71 Å². The molecule has 1 aromatic rings. The molecule has 3 aliphatic rings. The molecule has 28 heavy (non-hydrogen) atoms. The fourth-order valence-corrected chi connectivity index (χ4v) is 5.41. The molecule has 152 valence electrons. The molecule has 0 unspecified atom stereocenters. The van der Waals surface area contributed by atoms with Gasteiger partial charge >= 0.3 is 0 Å². The number of likely N-dealkylation sites (tertiary alicyclic amines) is 1. The van der Waals surface area contributed by atoms with Crippen LogP contribution in [0.5, 0.6) is 0 Å². The van der Waals surface area contributed by atoms with Gasteiger partial charge in [0.05, 0.1) is 5.69 Å². The molecule has 1 aliphatic carbocycles. The molecule has 0 aromatic heterocycles. The van der Waals surface area contributed by atoms with Crippen LogP contribution in [0.1, 0.15) is 57.9 Å². The Bertz CT molecular complexity index is 729. The maximum atomic E-state index is 13.0. The third-order valence-corrected chi connectivity index (χ3v) is 7.09. The van der Waals surface area contributed by atoms with Gasteiger partial charge in [-0.15, -0.1) is 0 Å². The van der Waals surface area contributed by atoms with E-state index in [9.17, 15) is 4.79 Å². The van der Waals surface area contributed by atoms with Crippen molar-refractivity contribution in [3.05, 3.63) is 29.8 Å². The van der Waals surface area contributed by atoms with Gasteiger partial charge in [0.1, 0.15) is 7.11 Å². The first-order chi connectivity index (χ1) is 13.6. The monoisotopic (exact) mass is 383 g/mol. The van der Waals surface area contributed by atoms with E-state index in [1.54, 1.807) is 0 Å². The Balaban J connectivity index is 1.40. The van der Waals surface area contributed by atoms with Crippen molar-refractivity contribution in [1.82, 2.24) is 4.90 Å². The minimum atomic E-state index is -0.0149. The molecule has 4 rings (SSSR count). The van der Waals surface area contributed by atoms with E-state index in [1.807, 2.05) is 29.2 Å². The number of hydrogen-bond acceptors (Lipinski definition) is 4. The first-order valence-electron chi connectivity index (χ1n) is 10.9. The third-order valence-electron chi connectivity index (χ3n) is 7.09. The molecule has 5 nitrogen and oxygen atoms in total. The summed E-state index contributed by atoms with van der Waals surface area (Å²) in [6.07, 6.45) is 7.48. The van der Waals surface area contributed by atoms with E-state index in [0.717, 1.165) is 55.1 Å². The first kappa shape index (κ1) is 19.4. The summed E-state index contributed by atoms with van der Waals surface area (Å²) < 4.78 is 0. The lowest BCUT2D eigenvalue weighted by Crippen LogP contribution is -2.50. The SMILES string of the molecule is CO/N=C1\C(=O)N(C2CCN([C@H]3CC[C@@H](C(C)C)CC3)CC2)c2ccccc21. The number of carbonyl (C=O) groups excluding carboxylic acids is 1. The fourth-order valence-electron chi connectivity index (χ4n) is 5.41. The van der Waals surface area contributed by atoms with Crippen molar-refractivity contribution in [2.24, 2.45) is 17.0 Å². The number of fused-ring (bicyclic) bond motifs is 1. The third kappa shape index (κ3) is 3.57. The molecule has 0 N–H and O–H groups in total. The van der Waals surface area contributed by atoms with Crippen molar-refractivity contribution in [2.75, 3.05) is 25.1 Å². The molecular formula is C23H33N3O2. The lowest BCUT2D eigenvalue weighted by molar-refractivity contribution is -0.113. The summed E-state index contributed by atoms with van der Waals surface area (Å²) in [5.41, 5.74) is 2.32. The lowest BCUT2D eigenvalue weighted by atomic mass is 9.79. The second-order valence-electron chi connectivity index (χ2n) is 8.89. The Morgan fingerprint density at radius 2 is 1.68 bits per heavy atom. The predicted octanol–water partition coefficient (Wildman–Crippen LogP) is 4.06. The van der Waals surface area contributed by atoms with Crippen molar-refractivity contribution in [3.8, 4) is 0 Å². The summed E-state index contributed by atoms with van der Waals surface area (Å²) in [6, 6.07) is 8.94. The molecule has 0 radical (unpaired) electrons. The van der Waals surface area contributed by atoms with E-state index in [1.165, 1.54) is 32.8 Å². The summed E-state index contributed by atoms with van der Waals surface area (Å²) in [5, 5.41) is 4.02. The zero-order valence-electron chi connectivity index (χ0n) is 17.4. The number of piperidine rings is 1. The maximum absolute atomic E-state index is 13.0. The van der Waals surface area contributed by atoms with Crippen LogP contribution in [-0.2, 0) is 9.63 Å². The van der Waals surface area contributed by atoms with E-state index < -0.39 is 0 Å². The van der Waals surface area contributed by atoms with Gasteiger partial charge in [-0.05, 0) is 56.4 Å². The minimum absolute atomic E-state index is 0.0149. The van der Waals surface area contributed by atoms with Gasteiger partial charge in [-0.1, -0.05) is 37.2 Å². The quantitative estimate of drug-likeness (QED) is 0.737. The van der Waals surface area contributed by atoms with Crippen molar-refractivity contribution < 1.29 is 9.63 Å². The number of rotatable bonds is 4. The Morgan fingerprint density at radius 3 is 2.32 bits per heavy atom. The highest BCUT2D eigenvalue weighted by molar-refractivity contribution is 6.54. The summed E-state index contributed by atoms with van der Waals surface area (Å²) in [6.45, 7) is 6.90. The summed E-state index contributed by atoms with van der Waals surface area (Å²) in [7, 11) is 1.50. The molecule has 0 bridgehead atoms. The minimum Gasteiger partial charge on any atom is -0.398 e. The second-order valence-corrected chi connectivity index (χ2v) is 8.89. The van der Waals surface area contributed by atoms with Gasteiger partial charge in [-0.3, -0.25) is 4.79 Å². The molecule has 2 heterocycles. The summed E-state index contributed by atoms with van der Waals surface area (Å²) in [5.74, 6) is 1.71. The molecule has 0 spiro atoms. The second kappa shape index (κ2) is 8.24. The van der Waals surface area contributed by atoms with Crippen LogP contribution in [0.4, 0.5) is 5.69 Å². The number of nitrogens with zero attached hydrogens (tertiary/aromatic N) is 3. The van der Waals surface area contributed by atoms with Gasteiger partial charge in [0, 0.05) is 30.7 Å². The molecule has 2 fully saturated rings. The van der Waals surface area contributed by atoms with Crippen LogP contribution in [-0.4, -0.2) is 48.8 Å². The number of para-hydroxylation sites is 1. The Kier molecular flexibility index (Phi) is 5.72. The Hall–Kier alpha value is -1.88. The van der Waals surface area contributed by atoms with Gasteiger partial charge < -0.3 is 14.6 Å². The van der Waals surface area contributed by atoms with Crippen LogP contribution >= 0.6 is 0 Å². The van der Waals surface area contributed by atoms with Crippen LogP contribution in [0.25, 0.3) is 0 Å². The zero-order valence-corrected chi connectivity index (χ0v) is 17.4. The Labute approximate surface area is 168 Å². The highest BCUT2D eigenvalue weighted by Crippen LogP contribution is 2.36. The van der Waals surface area contributed by atoms with Crippen molar-refractivity contribution in [2.45, 2.75) is 64.5 Å². The molecule has 1 aromatic carbocycles. The maximum Gasteiger partial charge on any atom is 0.281 e. The largest absolute Gasteiger partial charge is 0.398 e. The number of carbonyl (C=O) groups is 1. The molecule has 1 saturated carbocycles. The Morgan fingerprint density at radius 1 is 1.00 bits per heavy atom. The molecule has 1 saturated heterocycles. The topological polar surface area (TPSA) is 45.1 Å². The van der Waals surface area contributed by atoms with Crippen molar-refractivity contribution >= 4 is 17.3 Å². The highest BCUT2D eigenvalue weighted by atomic mass is 16.6. The van der Waals surface area contributed by atoms with Gasteiger partial charge in [0.2, 0.25) is 0 Å². The standard InChI is InChI=1S/C23H33N3O2/c1-16(2)17-8-10-18(11-9-17)25-14-12-19(13-15-25)26-21-7-5-4-6-20(21)22(23(26)27)24-28-3/h4-7,16-19H,8-15H2,1-3H3/b24-22-/t17-,18+. The smallest absolute Gasteiger partial charge is 0.281 e. The van der Waals surface area contributed by atoms with Gasteiger partial charge in [0.25, 0.3) is 5.91 Å². The average Bonchev–Trinajstić information content (AvgIpc) is 3.00. The highest BCUT2D eigenvalue weighted by Gasteiger charge is 2.40. The molecule has 2 aliphatic heterocycles. The predicted molar refractivity (Wildman–Crippen MR) is 113 cm³/mol. The number of anilines is 1. The van der Waals surface area contributed by atoms with Crippen LogP contribution in [0.3, 0.4) is 0 Å².